The van der Waals surface area contributed by atoms with E-state index < -0.39 is 0 Å². The molecule has 2 aromatic heterocycles. The molecule has 7 heteroatoms. The lowest BCUT2D eigenvalue weighted by Gasteiger charge is -2.10. The molecule has 1 aliphatic rings. The van der Waals surface area contributed by atoms with Crippen molar-refractivity contribution in [2.75, 3.05) is 6.54 Å². The minimum Gasteiger partial charge on any atom is -0.355 e. The van der Waals surface area contributed by atoms with Crippen molar-refractivity contribution < 1.29 is 4.79 Å². The number of carbonyl (C=O) groups excluding carboxylic acids is 1. The molecule has 1 aliphatic carbocycles. The fourth-order valence-corrected chi connectivity index (χ4v) is 4.41. The Hall–Kier alpha value is -1.47. The van der Waals surface area contributed by atoms with Gasteiger partial charge in [0.15, 0.2) is 5.16 Å². The monoisotopic (exact) mass is 348 g/mol. The lowest BCUT2D eigenvalue weighted by atomic mass is 10.0. The molecule has 23 heavy (non-hydrogen) atoms. The summed E-state index contributed by atoms with van der Waals surface area (Å²) in [5, 5.41) is 4.55. The van der Waals surface area contributed by atoms with Crippen molar-refractivity contribution >= 4 is 29.0 Å². The maximum Gasteiger partial charge on any atom is 0.233 e. The largest absolute Gasteiger partial charge is 0.355 e. The lowest BCUT2D eigenvalue weighted by Crippen LogP contribution is -2.32. The summed E-state index contributed by atoms with van der Waals surface area (Å²) in [6.45, 7) is 2.50. The first kappa shape index (κ1) is 16.4. The predicted molar refractivity (Wildman–Crippen MR) is 92.8 cm³/mol. The highest BCUT2D eigenvalue weighted by atomic mass is 32.2. The Morgan fingerprint density at radius 1 is 1.35 bits per heavy atom. The van der Waals surface area contributed by atoms with Gasteiger partial charge in [0.25, 0.3) is 0 Å². The van der Waals surface area contributed by atoms with Gasteiger partial charge in [0, 0.05) is 30.2 Å². The Morgan fingerprint density at radius 3 is 2.91 bits per heavy atom. The van der Waals surface area contributed by atoms with E-state index in [-0.39, 0.29) is 11.2 Å². The molecule has 1 atom stereocenters. The van der Waals surface area contributed by atoms with Crippen molar-refractivity contribution in [1.82, 2.24) is 20.3 Å². The predicted octanol–water partition coefficient (Wildman–Crippen LogP) is 2.65. The maximum absolute atomic E-state index is 12.1. The number of nitrogens with zero attached hydrogens (tertiary/aromatic N) is 3. The fraction of sp³-hybridized carbons (Fsp3) is 0.500. The van der Waals surface area contributed by atoms with Crippen molar-refractivity contribution in [1.29, 1.82) is 0 Å². The smallest absolute Gasteiger partial charge is 0.233 e. The van der Waals surface area contributed by atoms with E-state index >= 15 is 0 Å². The summed E-state index contributed by atoms with van der Waals surface area (Å²) in [6, 6.07) is 1.77. The molecule has 0 bridgehead atoms. The molecular formula is C16H20N4OS2. The minimum absolute atomic E-state index is 0.0174. The second-order valence-electron chi connectivity index (χ2n) is 5.52. The first-order valence-electron chi connectivity index (χ1n) is 7.91. The summed E-state index contributed by atoms with van der Waals surface area (Å²) in [4.78, 5) is 26.5. The number of nitrogens with one attached hydrogen (secondary N) is 1. The van der Waals surface area contributed by atoms with Crippen LogP contribution in [0.25, 0.3) is 0 Å². The Bertz CT molecular complexity index is 636. The quantitative estimate of drug-likeness (QED) is 0.642. The van der Waals surface area contributed by atoms with Crippen LogP contribution in [0.5, 0.6) is 0 Å². The van der Waals surface area contributed by atoms with Crippen LogP contribution in [0.1, 0.15) is 35.3 Å². The average molecular weight is 348 g/mol. The van der Waals surface area contributed by atoms with Gasteiger partial charge in [-0.05, 0) is 38.7 Å². The molecule has 3 rings (SSSR count). The van der Waals surface area contributed by atoms with Crippen LogP contribution in [-0.2, 0) is 24.1 Å². The van der Waals surface area contributed by atoms with E-state index in [1.165, 1.54) is 41.6 Å². The van der Waals surface area contributed by atoms with Gasteiger partial charge in [0.1, 0.15) is 0 Å². The number of rotatable bonds is 6. The number of carbonyl (C=O) groups is 1. The van der Waals surface area contributed by atoms with Gasteiger partial charge in [-0.2, -0.15) is 0 Å². The molecule has 0 spiro atoms. The molecule has 0 saturated heterocycles. The van der Waals surface area contributed by atoms with Gasteiger partial charge in [0.05, 0.1) is 16.0 Å². The van der Waals surface area contributed by atoms with Crippen molar-refractivity contribution in [2.24, 2.45) is 0 Å². The second-order valence-corrected chi connectivity index (χ2v) is 7.99. The van der Waals surface area contributed by atoms with Gasteiger partial charge in [-0.3, -0.25) is 4.79 Å². The molecule has 1 amide bonds. The molecule has 0 radical (unpaired) electrons. The molecule has 1 N–H and O–H groups in total. The van der Waals surface area contributed by atoms with Crippen molar-refractivity contribution in [3.05, 3.63) is 34.0 Å². The molecule has 1 unspecified atom stereocenters. The molecule has 0 saturated carbocycles. The van der Waals surface area contributed by atoms with Crippen LogP contribution in [0.4, 0.5) is 0 Å². The Morgan fingerprint density at radius 2 is 2.13 bits per heavy atom. The summed E-state index contributed by atoms with van der Waals surface area (Å²) in [5.74, 6) is 0.0174. The van der Waals surface area contributed by atoms with Crippen molar-refractivity contribution in [3.63, 3.8) is 0 Å². The average Bonchev–Trinajstić information content (AvgIpc) is 2.98. The van der Waals surface area contributed by atoms with Crippen LogP contribution < -0.4 is 5.32 Å². The third-order valence-electron chi connectivity index (χ3n) is 3.72. The topological polar surface area (TPSA) is 67.8 Å². The molecule has 122 valence electrons. The summed E-state index contributed by atoms with van der Waals surface area (Å²) < 4.78 is 0. The molecule has 5 nitrogen and oxygen atoms in total. The van der Waals surface area contributed by atoms with E-state index in [9.17, 15) is 4.79 Å². The van der Waals surface area contributed by atoms with Crippen LogP contribution >= 0.6 is 23.1 Å². The van der Waals surface area contributed by atoms with Gasteiger partial charge >= 0.3 is 0 Å². The number of thiazole rings is 1. The Balaban J connectivity index is 1.44. The lowest BCUT2D eigenvalue weighted by molar-refractivity contribution is -0.120. The number of hydrogen-bond acceptors (Lipinski definition) is 6. The summed E-state index contributed by atoms with van der Waals surface area (Å²) in [7, 11) is 0. The third kappa shape index (κ3) is 4.51. The van der Waals surface area contributed by atoms with Gasteiger partial charge in [-0.25, -0.2) is 15.0 Å². The van der Waals surface area contributed by atoms with E-state index in [0.29, 0.717) is 11.7 Å². The highest BCUT2D eigenvalue weighted by Crippen LogP contribution is 2.26. The Kier molecular flexibility index (Phi) is 5.61. The first-order chi connectivity index (χ1) is 11.2. The van der Waals surface area contributed by atoms with Crippen LogP contribution in [0.3, 0.4) is 0 Å². The van der Waals surface area contributed by atoms with Crippen molar-refractivity contribution in [3.8, 4) is 0 Å². The van der Waals surface area contributed by atoms with Gasteiger partial charge in [-0.15, -0.1) is 11.3 Å². The number of aryl methyl sites for hydroxylation is 2. The molecule has 2 aromatic rings. The number of aromatic nitrogens is 3. The molecule has 0 aromatic carbocycles. The van der Waals surface area contributed by atoms with E-state index in [2.05, 4.69) is 15.3 Å². The van der Waals surface area contributed by atoms with Gasteiger partial charge in [0.2, 0.25) is 5.91 Å². The van der Waals surface area contributed by atoms with E-state index in [4.69, 9.17) is 4.98 Å². The van der Waals surface area contributed by atoms with Gasteiger partial charge < -0.3 is 5.32 Å². The summed E-state index contributed by atoms with van der Waals surface area (Å²) in [6.07, 6.45) is 8.99. The van der Waals surface area contributed by atoms with Crippen LogP contribution in [0.2, 0.25) is 0 Å². The molecule has 0 fully saturated rings. The second kappa shape index (κ2) is 7.88. The Labute approximate surface area is 144 Å². The number of thioether (sulfide) groups is 1. The van der Waals surface area contributed by atoms with Gasteiger partial charge in [-0.1, -0.05) is 11.8 Å². The SMILES string of the molecule is CC(Sc1ncccn1)C(=O)NCCc1nc2c(s1)CCCC2. The molecule has 2 heterocycles. The number of fused-ring (bicyclic) bond motifs is 1. The minimum atomic E-state index is -0.207. The fourth-order valence-electron chi connectivity index (χ4n) is 2.51. The van der Waals surface area contributed by atoms with Crippen molar-refractivity contribution in [2.45, 2.75) is 49.4 Å². The number of amides is 1. The zero-order valence-electron chi connectivity index (χ0n) is 13.1. The van der Waals surface area contributed by atoms with Crippen LogP contribution in [0, 0.1) is 0 Å². The third-order valence-corrected chi connectivity index (χ3v) is 5.93. The molecule has 0 aliphatic heterocycles. The van der Waals surface area contributed by atoms with Crippen LogP contribution in [-0.4, -0.2) is 32.7 Å². The van der Waals surface area contributed by atoms with Crippen LogP contribution in [0.15, 0.2) is 23.6 Å². The highest BCUT2D eigenvalue weighted by Gasteiger charge is 2.17. The maximum atomic E-state index is 12.1. The molecular weight excluding hydrogens is 328 g/mol. The zero-order valence-corrected chi connectivity index (χ0v) is 14.8. The summed E-state index contributed by atoms with van der Waals surface area (Å²) in [5.41, 5.74) is 1.28. The highest BCUT2D eigenvalue weighted by molar-refractivity contribution is 8.00. The normalized spacial score (nSPS) is 15.0. The number of hydrogen-bond donors (Lipinski definition) is 1. The first-order valence-corrected chi connectivity index (χ1v) is 9.61. The summed E-state index contributed by atoms with van der Waals surface area (Å²) >= 11 is 3.18. The van der Waals surface area contributed by atoms with E-state index in [1.54, 1.807) is 18.5 Å². The van der Waals surface area contributed by atoms with E-state index in [0.717, 1.165) is 17.8 Å². The zero-order chi connectivity index (χ0) is 16.1. The van der Waals surface area contributed by atoms with E-state index in [1.807, 2.05) is 18.3 Å². The standard InChI is InChI=1S/C16H20N4OS2/c1-11(22-16-18-8-4-9-19-16)15(21)17-10-7-14-20-12-5-2-3-6-13(12)23-14/h4,8-9,11H,2-3,5-7,10H2,1H3,(H,17,21).